The van der Waals surface area contributed by atoms with Crippen molar-refractivity contribution in [1.29, 1.82) is 0 Å². The Labute approximate surface area is 152 Å². The second-order valence-corrected chi connectivity index (χ2v) is 7.40. The second kappa shape index (κ2) is 7.66. The number of aromatic nitrogens is 1. The summed E-state index contributed by atoms with van der Waals surface area (Å²) in [6.07, 6.45) is -0.103. The zero-order valence-corrected chi connectivity index (χ0v) is 14.9. The normalized spacial score (nSPS) is 15.9. The van der Waals surface area contributed by atoms with Crippen molar-refractivity contribution in [2.75, 3.05) is 17.2 Å². The van der Waals surface area contributed by atoms with Gasteiger partial charge in [-0.1, -0.05) is 12.1 Å². The number of carbonyl (C=O) groups excluding carboxylic acids is 3. The lowest BCUT2D eigenvalue weighted by atomic mass is 10.2. The third-order valence-electron chi connectivity index (χ3n) is 3.29. The first-order valence-corrected chi connectivity index (χ1v) is 9.21. The van der Waals surface area contributed by atoms with Crippen LogP contribution in [0.2, 0.25) is 0 Å². The van der Waals surface area contributed by atoms with Gasteiger partial charge in [0.1, 0.15) is 0 Å². The predicted molar refractivity (Wildman–Crippen MR) is 95.8 cm³/mol. The van der Waals surface area contributed by atoms with E-state index in [2.05, 4.69) is 15.6 Å². The van der Waals surface area contributed by atoms with Gasteiger partial charge >= 0.3 is 5.97 Å². The highest BCUT2D eigenvalue weighted by molar-refractivity contribution is 8.01. The molecule has 2 N–H and O–H groups in total. The molecule has 2 heterocycles. The fourth-order valence-corrected chi connectivity index (χ4v) is 3.95. The second-order valence-electron chi connectivity index (χ2n) is 5.30. The van der Waals surface area contributed by atoms with E-state index in [-0.39, 0.29) is 12.3 Å². The number of aryl methyl sites for hydroxylation is 1. The van der Waals surface area contributed by atoms with Crippen molar-refractivity contribution >= 4 is 51.7 Å². The lowest BCUT2D eigenvalue weighted by Crippen LogP contribution is -2.32. The molecule has 25 heavy (non-hydrogen) atoms. The Bertz CT molecular complexity index is 821. The minimum Gasteiger partial charge on any atom is -0.456 e. The molecule has 0 fully saturated rings. The first-order valence-electron chi connectivity index (χ1n) is 7.45. The summed E-state index contributed by atoms with van der Waals surface area (Å²) in [7, 11) is 0. The highest BCUT2D eigenvalue weighted by Crippen LogP contribution is 2.36. The number of nitrogens with zero attached hydrogens (tertiary/aromatic N) is 1. The molecule has 3 rings (SSSR count). The number of hydrogen-bond acceptors (Lipinski definition) is 7. The van der Waals surface area contributed by atoms with Gasteiger partial charge in [-0.2, -0.15) is 0 Å². The molecule has 2 amide bonds. The summed E-state index contributed by atoms with van der Waals surface area (Å²) in [5.74, 6) is -1.31. The standard InChI is InChI=1S/C16H15N3O4S2/c1-9-8-24-16(17-9)19-13(20)7-23-14(21)6-12-15(22)18-10-4-2-3-5-11(10)25-12/h2-5,8,12H,6-7H2,1H3,(H,18,22)(H,17,19,20). The van der Waals surface area contributed by atoms with Crippen LogP contribution >= 0.6 is 23.1 Å². The summed E-state index contributed by atoms with van der Waals surface area (Å²) in [6.45, 7) is 1.41. The van der Waals surface area contributed by atoms with Crippen LogP contribution in [-0.4, -0.2) is 34.6 Å². The van der Waals surface area contributed by atoms with Gasteiger partial charge in [-0.3, -0.25) is 19.7 Å². The molecule has 2 aromatic rings. The van der Waals surface area contributed by atoms with Crippen molar-refractivity contribution < 1.29 is 19.1 Å². The molecule has 0 saturated heterocycles. The molecular weight excluding hydrogens is 362 g/mol. The summed E-state index contributed by atoms with van der Waals surface area (Å²) in [5, 5.41) is 6.99. The molecule has 0 spiro atoms. The van der Waals surface area contributed by atoms with E-state index in [9.17, 15) is 14.4 Å². The molecule has 0 saturated carbocycles. The zero-order valence-electron chi connectivity index (χ0n) is 13.3. The van der Waals surface area contributed by atoms with Crippen molar-refractivity contribution in [1.82, 2.24) is 4.98 Å². The molecule has 0 aliphatic carbocycles. The number of amides is 2. The number of benzene rings is 1. The Morgan fingerprint density at radius 3 is 2.92 bits per heavy atom. The maximum atomic E-state index is 12.0. The average Bonchev–Trinajstić information content (AvgIpc) is 2.98. The van der Waals surface area contributed by atoms with Crippen LogP contribution in [0, 0.1) is 6.92 Å². The minimum absolute atomic E-state index is 0.103. The molecule has 1 aliphatic rings. The molecule has 9 heteroatoms. The van der Waals surface area contributed by atoms with E-state index in [1.165, 1.54) is 23.1 Å². The van der Waals surface area contributed by atoms with E-state index in [1.807, 2.05) is 25.1 Å². The zero-order chi connectivity index (χ0) is 17.8. The Hall–Kier alpha value is -2.39. The van der Waals surface area contributed by atoms with Crippen molar-refractivity contribution in [2.45, 2.75) is 23.5 Å². The summed E-state index contributed by atoms with van der Waals surface area (Å²) in [5.41, 5.74) is 1.54. The number of nitrogens with one attached hydrogen (secondary N) is 2. The topological polar surface area (TPSA) is 97.4 Å². The van der Waals surface area contributed by atoms with Crippen LogP contribution in [0.4, 0.5) is 10.8 Å². The summed E-state index contributed by atoms with van der Waals surface area (Å²) in [6, 6.07) is 7.38. The van der Waals surface area contributed by atoms with Crippen LogP contribution in [0.15, 0.2) is 34.5 Å². The number of thiazole rings is 1. The monoisotopic (exact) mass is 377 g/mol. The smallest absolute Gasteiger partial charge is 0.307 e. The van der Waals surface area contributed by atoms with E-state index < -0.39 is 23.7 Å². The van der Waals surface area contributed by atoms with Crippen LogP contribution in [0.3, 0.4) is 0 Å². The quantitative estimate of drug-likeness (QED) is 0.777. The van der Waals surface area contributed by atoms with Crippen molar-refractivity contribution in [3.8, 4) is 0 Å². The molecule has 0 radical (unpaired) electrons. The molecule has 7 nitrogen and oxygen atoms in total. The largest absolute Gasteiger partial charge is 0.456 e. The van der Waals surface area contributed by atoms with E-state index >= 15 is 0 Å². The van der Waals surface area contributed by atoms with Crippen LogP contribution in [0.5, 0.6) is 0 Å². The molecule has 1 aromatic carbocycles. The molecule has 130 valence electrons. The lowest BCUT2D eigenvalue weighted by Gasteiger charge is -2.23. The van der Waals surface area contributed by atoms with E-state index in [4.69, 9.17) is 4.74 Å². The van der Waals surface area contributed by atoms with Gasteiger partial charge in [0.25, 0.3) is 5.91 Å². The molecule has 1 aliphatic heterocycles. The van der Waals surface area contributed by atoms with Crippen LogP contribution < -0.4 is 10.6 Å². The number of para-hydroxylation sites is 1. The fourth-order valence-electron chi connectivity index (χ4n) is 2.15. The number of hydrogen-bond donors (Lipinski definition) is 2. The Morgan fingerprint density at radius 1 is 1.36 bits per heavy atom. The van der Waals surface area contributed by atoms with Gasteiger partial charge < -0.3 is 10.1 Å². The third kappa shape index (κ3) is 4.58. The van der Waals surface area contributed by atoms with Gasteiger partial charge in [0.2, 0.25) is 5.91 Å². The van der Waals surface area contributed by atoms with Crippen LogP contribution in [0.1, 0.15) is 12.1 Å². The van der Waals surface area contributed by atoms with Gasteiger partial charge in [0.15, 0.2) is 11.7 Å². The fraction of sp³-hybridized carbons (Fsp3) is 0.250. The molecule has 1 aromatic heterocycles. The summed E-state index contributed by atoms with van der Waals surface area (Å²) < 4.78 is 4.95. The molecular formula is C16H15N3O4S2. The maximum Gasteiger partial charge on any atom is 0.307 e. The minimum atomic E-state index is -0.600. The summed E-state index contributed by atoms with van der Waals surface area (Å²) in [4.78, 5) is 40.7. The predicted octanol–water partition coefficient (Wildman–Crippen LogP) is 2.44. The van der Waals surface area contributed by atoms with Gasteiger partial charge in [0.05, 0.1) is 23.1 Å². The van der Waals surface area contributed by atoms with Gasteiger partial charge in [0, 0.05) is 10.3 Å². The Kier molecular flexibility index (Phi) is 5.34. The van der Waals surface area contributed by atoms with E-state index in [1.54, 1.807) is 11.4 Å². The van der Waals surface area contributed by atoms with Gasteiger partial charge in [-0.05, 0) is 19.1 Å². The van der Waals surface area contributed by atoms with E-state index in [0.717, 1.165) is 16.3 Å². The first-order chi connectivity index (χ1) is 12.0. The van der Waals surface area contributed by atoms with Crippen molar-refractivity contribution in [3.05, 3.63) is 35.3 Å². The Morgan fingerprint density at radius 2 is 2.16 bits per heavy atom. The maximum absolute atomic E-state index is 12.0. The summed E-state index contributed by atoms with van der Waals surface area (Å²) >= 11 is 2.61. The lowest BCUT2D eigenvalue weighted by molar-refractivity contribution is -0.147. The van der Waals surface area contributed by atoms with Gasteiger partial charge in [-0.25, -0.2) is 4.98 Å². The van der Waals surface area contributed by atoms with E-state index in [0.29, 0.717) is 5.13 Å². The molecule has 1 atom stereocenters. The SMILES string of the molecule is Cc1csc(NC(=O)COC(=O)CC2Sc3ccccc3NC2=O)n1. The first kappa shape index (κ1) is 17.4. The Balaban J connectivity index is 1.48. The van der Waals surface area contributed by atoms with Crippen LogP contribution in [-0.2, 0) is 19.1 Å². The van der Waals surface area contributed by atoms with Crippen molar-refractivity contribution in [2.24, 2.45) is 0 Å². The van der Waals surface area contributed by atoms with Crippen molar-refractivity contribution in [3.63, 3.8) is 0 Å². The molecule has 1 unspecified atom stereocenters. The number of esters is 1. The number of ether oxygens (including phenoxy) is 1. The van der Waals surface area contributed by atoms with Crippen LogP contribution in [0.25, 0.3) is 0 Å². The highest BCUT2D eigenvalue weighted by Gasteiger charge is 2.29. The number of fused-ring (bicyclic) bond motifs is 1. The molecule has 0 bridgehead atoms. The van der Waals surface area contributed by atoms with Gasteiger partial charge in [-0.15, -0.1) is 23.1 Å². The third-order valence-corrected chi connectivity index (χ3v) is 5.44. The highest BCUT2D eigenvalue weighted by atomic mass is 32.2. The average molecular weight is 377 g/mol. The number of rotatable bonds is 5. The number of thioether (sulfide) groups is 1. The number of carbonyl (C=O) groups is 3. The number of anilines is 2.